The number of hydrogen-bond acceptors (Lipinski definition) is 3. The number of rotatable bonds is 4. The Morgan fingerprint density at radius 3 is 2.48 bits per heavy atom. The van der Waals surface area contributed by atoms with Gasteiger partial charge in [-0.1, -0.05) is 66.9 Å². The number of nitrogens with zero attached hydrogens (tertiary/aromatic N) is 2. The van der Waals surface area contributed by atoms with E-state index in [0.717, 1.165) is 36.8 Å². The fourth-order valence-electron chi connectivity index (χ4n) is 6.18. The molecule has 2 amide bonds. The van der Waals surface area contributed by atoms with Gasteiger partial charge in [0, 0.05) is 25.2 Å². The van der Waals surface area contributed by atoms with Gasteiger partial charge in [-0.3, -0.25) is 9.59 Å². The minimum Gasteiger partial charge on any atom is -0.491 e. The van der Waals surface area contributed by atoms with Gasteiger partial charge in [-0.25, -0.2) is 4.39 Å². The van der Waals surface area contributed by atoms with Crippen molar-refractivity contribution in [1.82, 2.24) is 9.80 Å². The predicted molar refractivity (Wildman–Crippen MR) is 155 cm³/mol. The van der Waals surface area contributed by atoms with Crippen LogP contribution in [0.3, 0.4) is 0 Å². The number of carbonyl (C=O) groups is 2. The number of ether oxygens (including phenoxy) is 1. The fourth-order valence-corrected chi connectivity index (χ4v) is 6.35. The molecule has 1 atom stereocenters. The van der Waals surface area contributed by atoms with E-state index in [0.29, 0.717) is 48.7 Å². The van der Waals surface area contributed by atoms with Crippen LogP contribution in [0, 0.1) is 5.82 Å². The maximum atomic E-state index is 14.7. The van der Waals surface area contributed by atoms with Crippen LogP contribution in [0.1, 0.15) is 60.0 Å². The molecule has 40 heavy (non-hydrogen) atoms. The number of hydrogen-bond donors (Lipinski definition) is 0. The molecule has 0 saturated heterocycles. The van der Waals surface area contributed by atoms with E-state index in [1.54, 1.807) is 36.2 Å². The summed E-state index contributed by atoms with van der Waals surface area (Å²) in [5.41, 5.74) is 1.51. The van der Waals surface area contributed by atoms with Crippen molar-refractivity contribution in [2.24, 2.45) is 0 Å². The molecule has 3 aromatic carbocycles. The molecule has 0 aromatic heterocycles. The zero-order chi connectivity index (χ0) is 28.1. The zero-order valence-electron chi connectivity index (χ0n) is 23.0. The first-order chi connectivity index (χ1) is 19.4. The van der Waals surface area contributed by atoms with Gasteiger partial charge in [-0.15, -0.1) is 0 Å². The van der Waals surface area contributed by atoms with Gasteiger partial charge in [0.25, 0.3) is 5.91 Å². The lowest BCUT2D eigenvalue weighted by molar-refractivity contribution is -0.140. The van der Waals surface area contributed by atoms with E-state index in [4.69, 9.17) is 16.3 Å². The Labute approximate surface area is 240 Å². The SMILES string of the molecule is CN1CCCCN(C(=O)C2(c3cccc(F)c3)CCCC2)[C@H](Cc2ccccc2)COc2ccc(Cl)cc2C1=O. The second-order valence-electron chi connectivity index (χ2n) is 11.0. The molecule has 210 valence electrons. The molecular formula is C33H36ClFN2O3. The smallest absolute Gasteiger partial charge is 0.257 e. The average molecular weight is 563 g/mol. The number of halogens is 2. The molecule has 5 rings (SSSR count). The molecule has 0 N–H and O–H groups in total. The Hall–Kier alpha value is -3.38. The van der Waals surface area contributed by atoms with Crippen LogP contribution in [-0.2, 0) is 16.6 Å². The van der Waals surface area contributed by atoms with Crippen molar-refractivity contribution in [3.63, 3.8) is 0 Å². The van der Waals surface area contributed by atoms with Crippen LogP contribution in [0.15, 0.2) is 72.8 Å². The number of amides is 2. The molecule has 1 heterocycles. The van der Waals surface area contributed by atoms with Gasteiger partial charge < -0.3 is 14.5 Å². The highest BCUT2D eigenvalue weighted by Crippen LogP contribution is 2.43. The van der Waals surface area contributed by atoms with Crippen molar-refractivity contribution in [2.75, 3.05) is 26.7 Å². The first-order valence-corrected chi connectivity index (χ1v) is 14.5. The fraction of sp³-hybridized carbons (Fsp3) is 0.394. The van der Waals surface area contributed by atoms with Gasteiger partial charge in [0.2, 0.25) is 5.91 Å². The van der Waals surface area contributed by atoms with E-state index in [9.17, 15) is 14.0 Å². The molecule has 5 nitrogen and oxygen atoms in total. The maximum absolute atomic E-state index is 14.7. The third-order valence-electron chi connectivity index (χ3n) is 8.35. The van der Waals surface area contributed by atoms with Crippen molar-refractivity contribution >= 4 is 23.4 Å². The minimum absolute atomic E-state index is 0.0398. The lowest BCUT2D eigenvalue weighted by Crippen LogP contribution is -2.53. The number of fused-ring (bicyclic) bond motifs is 1. The minimum atomic E-state index is -0.758. The molecule has 1 aliphatic heterocycles. The van der Waals surface area contributed by atoms with Crippen LogP contribution in [0.4, 0.5) is 4.39 Å². The van der Waals surface area contributed by atoms with Gasteiger partial charge in [0.15, 0.2) is 0 Å². The van der Waals surface area contributed by atoms with E-state index < -0.39 is 5.41 Å². The van der Waals surface area contributed by atoms with Gasteiger partial charge in [-0.05, 0) is 73.6 Å². The first-order valence-electron chi connectivity index (χ1n) is 14.2. The Kier molecular flexibility index (Phi) is 8.75. The van der Waals surface area contributed by atoms with Crippen LogP contribution >= 0.6 is 11.6 Å². The van der Waals surface area contributed by atoms with Crippen LogP contribution < -0.4 is 4.74 Å². The highest BCUT2D eigenvalue weighted by Gasteiger charge is 2.46. The summed E-state index contributed by atoms with van der Waals surface area (Å²) >= 11 is 6.27. The number of carbonyl (C=O) groups excluding carboxylic acids is 2. The second kappa shape index (κ2) is 12.4. The van der Waals surface area contributed by atoms with E-state index in [1.165, 1.54) is 12.1 Å². The van der Waals surface area contributed by atoms with Crippen molar-refractivity contribution in [3.05, 3.63) is 100 Å². The molecule has 7 heteroatoms. The molecule has 0 spiro atoms. The third-order valence-corrected chi connectivity index (χ3v) is 8.59. The van der Waals surface area contributed by atoms with Gasteiger partial charge in [0.05, 0.1) is 17.0 Å². The summed E-state index contributed by atoms with van der Waals surface area (Å²) in [5.74, 6) is 0.0324. The quantitative estimate of drug-likeness (QED) is 0.356. The van der Waals surface area contributed by atoms with Crippen LogP contribution in [0.5, 0.6) is 5.75 Å². The van der Waals surface area contributed by atoms with Gasteiger partial charge in [0.1, 0.15) is 18.2 Å². The lowest BCUT2D eigenvalue weighted by Gasteiger charge is -2.40. The molecule has 1 aliphatic carbocycles. The molecule has 0 radical (unpaired) electrons. The lowest BCUT2D eigenvalue weighted by atomic mass is 9.77. The molecule has 0 bridgehead atoms. The summed E-state index contributed by atoms with van der Waals surface area (Å²) < 4.78 is 20.8. The molecule has 0 unspecified atom stereocenters. The Balaban J connectivity index is 1.55. The maximum Gasteiger partial charge on any atom is 0.257 e. The van der Waals surface area contributed by atoms with Crippen molar-refractivity contribution in [3.8, 4) is 5.75 Å². The Morgan fingerprint density at radius 2 is 1.73 bits per heavy atom. The van der Waals surface area contributed by atoms with Crippen LogP contribution in [-0.4, -0.2) is 54.4 Å². The Bertz CT molecular complexity index is 1340. The number of benzene rings is 3. The molecular weight excluding hydrogens is 527 g/mol. The molecule has 1 fully saturated rings. The normalized spacial score (nSPS) is 19.8. The van der Waals surface area contributed by atoms with E-state index >= 15 is 0 Å². The topological polar surface area (TPSA) is 49.9 Å². The summed E-state index contributed by atoms with van der Waals surface area (Å²) in [6.45, 7) is 1.29. The van der Waals surface area contributed by atoms with E-state index in [1.807, 2.05) is 29.2 Å². The first kappa shape index (κ1) is 28.2. The monoisotopic (exact) mass is 562 g/mol. The summed E-state index contributed by atoms with van der Waals surface area (Å²) in [5, 5.41) is 0.465. The van der Waals surface area contributed by atoms with E-state index in [2.05, 4.69) is 12.1 Å². The summed E-state index contributed by atoms with van der Waals surface area (Å²) in [4.78, 5) is 31.6. The van der Waals surface area contributed by atoms with Crippen LogP contribution in [0.2, 0.25) is 5.02 Å². The summed E-state index contributed by atoms with van der Waals surface area (Å²) in [7, 11) is 1.78. The van der Waals surface area contributed by atoms with Crippen molar-refractivity contribution < 1.29 is 18.7 Å². The Morgan fingerprint density at radius 1 is 0.975 bits per heavy atom. The van der Waals surface area contributed by atoms with E-state index in [-0.39, 0.29) is 30.3 Å². The molecule has 1 saturated carbocycles. The highest BCUT2D eigenvalue weighted by atomic mass is 35.5. The van der Waals surface area contributed by atoms with Crippen LogP contribution in [0.25, 0.3) is 0 Å². The third kappa shape index (κ3) is 6.02. The molecule has 3 aromatic rings. The largest absolute Gasteiger partial charge is 0.491 e. The highest BCUT2D eigenvalue weighted by molar-refractivity contribution is 6.31. The average Bonchev–Trinajstić information content (AvgIpc) is 3.47. The predicted octanol–water partition coefficient (Wildman–Crippen LogP) is 6.68. The zero-order valence-corrected chi connectivity index (χ0v) is 23.7. The van der Waals surface area contributed by atoms with Crippen molar-refractivity contribution in [1.29, 1.82) is 0 Å². The second-order valence-corrected chi connectivity index (χ2v) is 11.5. The van der Waals surface area contributed by atoms with Gasteiger partial charge >= 0.3 is 0 Å². The molecule has 2 aliphatic rings. The van der Waals surface area contributed by atoms with Gasteiger partial charge in [-0.2, -0.15) is 0 Å². The summed E-state index contributed by atoms with van der Waals surface area (Å²) in [6.07, 6.45) is 5.33. The van der Waals surface area contributed by atoms with Crippen molar-refractivity contribution in [2.45, 2.75) is 56.4 Å². The standard InChI is InChI=1S/C33H36ClFN2O3/c1-36-18-7-8-19-37(32(39)33(16-5-6-17-33)25-12-9-13-27(35)21-25)28(20-24-10-3-2-4-11-24)23-40-30-15-14-26(34)22-29(30)31(36)38/h2-4,9-15,21-22,28H,5-8,16-20,23H2,1H3/t28-/m1/s1. The summed E-state index contributed by atoms with van der Waals surface area (Å²) in [6, 6.07) is 21.4.